The summed E-state index contributed by atoms with van der Waals surface area (Å²) >= 11 is 0. The molecule has 1 aromatic carbocycles. The van der Waals surface area contributed by atoms with Gasteiger partial charge in [-0.3, -0.25) is 9.00 Å². The van der Waals surface area contributed by atoms with E-state index in [9.17, 15) is 18.5 Å². The van der Waals surface area contributed by atoms with Crippen LogP contribution >= 0.6 is 0 Å². The van der Waals surface area contributed by atoms with Crippen molar-refractivity contribution in [1.29, 1.82) is 0 Å². The molecule has 1 aromatic rings. The summed E-state index contributed by atoms with van der Waals surface area (Å²) in [4.78, 5) is 13.9. The van der Waals surface area contributed by atoms with E-state index in [0.717, 1.165) is 0 Å². The van der Waals surface area contributed by atoms with Crippen LogP contribution in [0.2, 0.25) is 0 Å². The Morgan fingerprint density at radius 2 is 2.24 bits per heavy atom. The van der Waals surface area contributed by atoms with Gasteiger partial charge in [0, 0.05) is 29.6 Å². The number of halogens is 1. The minimum atomic E-state index is -1.02. The lowest BCUT2D eigenvalue weighted by Gasteiger charge is -2.37. The minimum absolute atomic E-state index is 0.0911. The van der Waals surface area contributed by atoms with Crippen molar-refractivity contribution in [2.75, 3.05) is 18.8 Å². The zero-order valence-corrected chi connectivity index (χ0v) is 13.0. The summed E-state index contributed by atoms with van der Waals surface area (Å²) in [5, 5.41) is 10.1. The van der Waals surface area contributed by atoms with Gasteiger partial charge in [-0.2, -0.15) is 0 Å². The lowest BCUT2D eigenvalue weighted by atomic mass is 10.1. The summed E-state index contributed by atoms with van der Waals surface area (Å²) in [6.45, 7) is 4.58. The molecule has 0 bridgehead atoms. The van der Waals surface area contributed by atoms with E-state index >= 15 is 0 Å². The second-order valence-electron chi connectivity index (χ2n) is 5.90. The smallest absolute Gasteiger partial charge is 0.225 e. The third-order valence-corrected chi connectivity index (χ3v) is 5.60. The summed E-state index contributed by atoms with van der Waals surface area (Å²) in [5.74, 6) is -0.181. The number of aliphatic hydroxyl groups is 1. The van der Waals surface area contributed by atoms with Crippen LogP contribution in [0.4, 0.5) is 4.39 Å². The number of carbonyl (C=O) groups excluding carboxylic acids is 1. The van der Waals surface area contributed by atoms with E-state index in [0.29, 0.717) is 24.4 Å². The first kappa shape index (κ1) is 16.1. The van der Waals surface area contributed by atoms with E-state index in [1.165, 1.54) is 18.2 Å². The zero-order chi connectivity index (χ0) is 15.6. The molecule has 0 saturated carbocycles. The first-order valence-corrected chi connectivity index (χ1v) is 8.21. The van der Waals surface area contributed by atoms with Crippen molar-refractivity contribution >= 4 is 16.7 Å². The molecular weight excluding hydrogens is 293 g/mol. The van der Waals surface area contributed by atoms with Gasteiger partial charge in [0.15, 0.2) is 0 Å². The van der Waals surface area contributed by atoms with Gasteiger partial charge in [0.25, 0.3) is 0 Å². The number of carbonyl (C=O) groups is 1. The predicted molar refractivity (Wildman–Crippen MR) is 79.6 cm³/mol. The number of aliphatic hydroxyl groups excluding tert-OH is 1. The van der Waals surface area contributed by atoms with Gasteiger partial charge in [0.05, 0.1) is 17.3 Å². The highest BCUT2D eigenvalue weighted by molar-refractivity contribution is 7.86. The van der Waals surface area contributed by atoms with E-state index in [1.807, 2.05) is 13.8 Å². The van der Waals surface area contributed by atoms with Crippen molar-refractivity contribution in [3.63, 3.8) is 0 Å². The number of amides is 1. The highest BCUT2D eigenvalue weighted by Gasteiger charge is 2.35. The zero-order valence-electron chi connectivity index (χ0n) is 12.2. The molecule has 0 spiro atoms. The molecule has 116 valence electrons. The van der Waals surface area contributed by atoms with Crippen LogP contribution in [0, 0.1) is 5.82 Å². The van der Waals surface area contributed by atoms with Crippen molar-refractivity contribution in [3.05, 3.63) is 35.6 Å². The van der Waals surface area contributed by atoms with Crippen LogP contribution in [-0.4, -0.2) is 43.7 Å². The van der Waals surface area contributed by atoms with E-state index in [-0.39, 0.29) is 12.3 Å². The van der Waals surface area contributed by atoms with Crippen LogP contribution in [-0.2, 0) is 15.6 Å². The molecule has 1 fully saturated rings. The molecule has 1 N–H and O–H groups in total. The standard InChI is InChI=1S/C15H20FNO3S/c1-15(2)10-17(6-7-21(15)20)14(19)9-13(18)11-4-3-5-12(16)8-11/h3-5,8,13,18H,6-7,9-10H2,1-2H3. The van der Waals surface area contributed by atoms with Crippen LogP contribution in [0.1, 0.15) is 31.9 Å². The highest BCUT2D eigenvalue weighted by Crippen LogP contribution is 2.23. The molecular formula is C15H20FNO3S. The molecule has 4 nitrogen and oxygen atoms in total. The Bertz CT molecular complexity index is 562. The summed E-state index contributed by atoms with van der Waals surface area (Å²) in [6.07, 6.45) is -1.12. The number of nitrogens with zero attached hydrogens (tertiary/aromatic N) is 1. The van der Waals surface area contributed by atoms with Crippen molar-refractivity contribution in [1.82, 2.24) is 4.90 Å². The molecule has 2 unspecified atom stereocenters. The molecule has 1 amide bonds. The molecule has 1 aliphatic heterocycles. The van der Waals surface area contributed by atoms with Gasteiger partial charge in [0.1, 0.15) is 5.82 Å². The van der Waals surface area contributed by atoms with Crippen LogP contribution in [0.15, 0.2) is 24.3 Å². The first-order chi connectivity index (χ1) is 9.79. The molecule has 1 aliphatic rings. The second-order valence-corrected chi connectivity index (χ2v) is 8.10. The molecule has 0 radical (unpaired) electrons. The van der Waals surface area contributed by atoms with Crippen molar-refractivity contribution in [3.8, 4) is 0 Å². The Kier molecular flexibility index (Phi) is 4.78. The quantitative estimate of drug-likeness (QED) is 0.922. The maximum Gasteiger partial charge on any atom is 0.225 e. The fourth-order valence-electron chi connectivity index (χ4n) is 2.42. The van der Waals surface area contributed by atoms with Crippen LogP contribution in [0.25, 0.3) is 0 Å². The lowest BCUT2D eigenvalue weighted by molar-refractivity contribution is -0.133. The van der Waals surface area contributed by atoms with E-state index < -0.39 is 27.5 Å². The van der Waals surface area contributed by atoms with E-state index in [1.54, 1.807) is 11.0 Å². The van der Waals surface area contributed by atoms with Crippen molar-refractivity contribution in [2.45, 2.75) is 31.1 Å². The average Bonchev–Trinajstić information content (AvgIpc) is 2.41. The van der Waals surface area contributed by atoms with Crippen LogP contribution in [0.3, 0.4) is 0 Å². The lowest BCUT2D eigenvalue weighted by Crippen LogP contribution is -2.52. The molecule has 2 rings (SSSR count). The molecule has 6 heteroatoms. The third-order valence-electron chi connectivity index (χ3n) is 3.69. The molecule has 0 aromatic heterocycles. The summed E-state index contributed by atoms with van der Waals surface area (Å²) < 4.78 is 24.5. The SMILES string of the molecule is CC1(C)CN(C(=O)CC(O)c2cccc(F)c2)CCS1=O. The van der Waals surface area contributed by atoms with E-state index in [4.69, 9.17) is 0 Å². The average molecular weight is 313 g/mol. The van der Waals surface area contributed by atoms with Crippen LogP contribution in [0.5, 0.6) is 0 Å². The Labute approximate surface area is 126 Å². The van der Waals surface area contributed by atoms with Gasteiger partial charge in [-0.15, -0.1) is 0 Å². The van der Waals surface area contributed by atoms with Gasteiger partial charge < -0.3 is 10.0 Å². The van der Waals surface area contributed by atoms with Gasteiger partial charge in [-0.05, 0) is 31.5 Å². The predicted octanol–water partition coefficient (Wildman–Crippen LogP) is 1.62. The summed E-state index contributed by atoms with van der Waals surface area (Å²) in [6, 6.07) is 5.62. The molecule has 21 heavy (non-hydrogen) atoms. The van der Waals surface area contributed by atoms with Crippen LogP contribution < -0.4 is 0 Å². The summed E-state index contributed by atoms with van der Waals surface area (Å²) in [5.41, 5.74) is 0.392. The third kappa shape index (κ3) is 3.89. The molecule has 1 saturated heterocycles. The number of hydrogen-bond acceptors (Lipinski definition) is 3. The molecule has 0 aliphatic carbocycles. The number of rotatable bonds is 3. The van der Waals surface area contributed by atoms with Gasteiger partial charge in [-0.1, -0.05) is 12.1 Å². The number of hydrogen-bond donors (Lipinski definition) is 1. The molecule has 1 heterocycles. The van der Waals surface area contributed by atoms with Gasteiger partial charge in [0.2, 0.25) is 5.91 Å². The molecule has 2 atom stereocenters. The van der Waals surface area contributed by atoms with Crippen molar-refractivity contribution < 1.29 is 18.5 Å². The topological polar surface area (TPSA) is 57.6 Å². The Hall–Kier alpha value is -1.27. The maximum atomic E-state index is 13.1. The normalized spacial score (nSPS) is 22.9. The Morgan fingerprint density at radius 1 is 1.52 bits per heavy atom. The van der Waals surface area contributed by atoms with Crippen molar-refractivity contribution in [2.24, 2.45) is 0 Å². The minimum Gasteiger partial charge on any atom is -0.388 e. The fourth-order valence-corrected chi connectivity index (χ4v) is 3.66. The fraction of sp³-hybridized carbons (Fsp3) is 0.533. The number of benzene rings is 1. The second kappa shape index (κ2) is 6.23. The summed E-state index contributed by atoms with van der Waals surface area (Å²) in [7, 11) is -0.946. The Balaban J connectivity index is 2.00. The highest BCUT2D eigenvalue weighted by atomic mass is 32.2. The first-order valence-electron chi connectivity index (χ1n) is 6.89. The monoisotopic (exact) mass is 313 g/mol. The van der Waals surface area contributed by atoms with Gasteiger partial charge in [-0.25, -0.2) is 4.39 Å². The maximum absolute atomic E-state index is 13.1. The Morgan fingerprint density at radius 3 is 2.86 bits per heavy atom. The van der Waals surface area contributed by atoms with Gasteiger partial charge >= 0.3 is 0 Å². The van der Waals surface area contributed by atoms with E-state index in [2.05, 4.69) is 0 Å². The largest absolute Gasteiger partial charge is 0.388 e.